The molecule has 0 aromatic heterocycles. The van der Waals surface area contributed by atoms with Crippen molar-refractivity contribution in [1.82, 2.24) is 10.2 Å². The van der Waals surface area contributed by atoms with E-state index in [2.05, 4.69) is 36.3 Å². The average Bonchev–Trinajstić information content (AvgIpc) is 2.76. The van der Waals surface area contributed by atoms with Crippen LogP contribution in [-0.4, -0.2) is 49.6 Å². The molecule has 0 fully saturated rings. The van der Waals surface area contributed by atoms with Crippen LogP contribution in [-0.2, 0) is 0 Å². The van der Waals surface area contributed by atoms with Crippen molar-refractivity contribution < 1.29 is 4.79 Å². The van der Waals surface area contributed by atoms with Gasteiger partial charge in [0.2, 0.25) is 0 Å². The Morgan fingerprint density at radius 3 is 2.17 bits per heavy atom. The van der Waals surface area contributed by atoms with E-state index in [1.165, 1.54) is 44.9 Å². The first kappa shape index (κ1) is 26.4. The van der Waals surface area contributed by atoms with Crippen LogP contribution in [0.25, 0.3) is 0 Å². The van der Waals surface area contributed by atoms with Crippen molar-refractivity contribution in [3.8, 4) is 0 Å². The summed E-state index contributed by atoms with van der Waals surface area (Å²) >= 11 is 0. The number of carbonyl (C=O) groups excluding carboxylic acids is 1. The molecule has 0 aliphatic rings. The van der Waals surface area contributed by atoms with E-state index in [9.17, 15) is 4.79 Å². The van der Waals surface area contributed by atoms with Gasteiger partial charge in [0, 0.05) is 36.9 Å². The first-order chi connectivity index (χ1) is 14.6. The van der Waals surface area contributed by atoms with Crippen molar-refractivity contribution in [2.75, 3.05) is 38.0 Å². The summed E-state index contributed by atoms with van der Waals surface area (Å²) in [6.07, 6.45) is 11.4. The molecule has 5 nitrogen and oxygen atoms in total. The number of rotatable bonds is 18. The van der Waals surface area contributed by atoms with Crippen molar-refractivity contribution in [3.05, 3.63) is 29.8 Å². The number of amides is 1. The quantitative estimate of drug-likeness (QED) is 0.293. The molecule has 1 unspecified atom stereocenters. The molecule has 0 heterocycles. The molecule has 0 aliphatic heterocycles. The molecule has 1 aromatic rings. The van der Waals surface area contributed by atoms with Gasteiger partial charge in [0.25, 0.3) is 5.91 Å². The van der Waals surface area contributed by atoms with Crippen molar-refractivity contribution >= 4 is 11.6 Å². The highest BCUT2D eigenvalue weighted by Gasteiger charge is 2.07. The maximum absolute atomic E-state index is 12.2. The number of benzene rings is 1. The van der Waals surface area contributed by atoms with Crippen molar-refractivity contribution in [2.24, 2.45) is 5.73 Å². The summed E-state index contributed by atoms with van der Waals surface area (Å²) in [7, 11) is 0. The number of hydrogen-bond acceptors (Lipinski definition) is 4. The second-order valence-corrected chi connectivity index (χ2v) is 8.25. The van der Waals surface area contributed by atoms with E-state index < -0.39 is 0 Å². The maximum atomic E-state index is 12.2. The van der Waals surface area contributed by atoms with Gasteiger partial charge in [-0.25, -0.2) is 0 Å². The fraction of sp³-hybridized carbons (Fsp3) is 0.720. The van der Waals surface area contributed by atoms with E-state index >= 15 is 0 Å². The predicted octanol–water partition coefficient (Wildman–Crippen LogP) is 5.03. The maximum Gasteiger partial charge on any atom is 0.251 e. The van der Waals surface area contributed by atoms with Gasteiger partial charge in [-0.3, -0.25) is 4.79 Å². The number of nitrogens with one attached hydrogen (secondary N) is 2. The van der Waals surface area contributed by atoms with E-state index in [-0.39, 0.29) is 11.9 Å². The van der Waals surface area contributed by atoms with Crippen LogP contribution in [0.4, 0.5) is 5.69 Å². The minimum Gasteiger partial charge on any atom is -0.385 e. The second kappa shape index (κ2) is 17.1. The van der Waals surface area contributed by atoms with Crippen LogP contribution < -0.4 is 16.4 Å². The van der Waals surface area contributed by atoms with E-state index in [0.717, 1.165) is 44.7 Å². The molecule has 4 N–H and O–H groups in total. The van der Waals surface area contributed by atoms with E-state index in [0.29, 0.717) is 12.1 Å². The third-order valence-electron chi connectivity index (χ3n) is 5.78. The summed E-state index contributed by atoms with van der Waals surface area (Å²) in [4.78, 5) is 14.5. The lowest BCUT2D eigenvalue weighted by Gasteiger charge is -2.18. The van der Waals surface area contributed by atoms with E-state index in [1.807, 2.05) is 24.3 Å². The van der Waals surface area contributed by atoms with Crippen molar-refractivity contribution in [3.63, 3.8) is 0 Å². The van der Waals surface area contributed by atoms with Crippen LogP contribution in [0.2, 0.25) is 0 Å². The molecule has 172 valence electrons. The number of unbranched alkanes of at least 4 members (excludes halogenated alkanes) is 6. The lowest BCUT2D eigenvalue weighted by Crippen LogP contribution is -2.34. The molecule has 0 bridgehead atoms. The van der Waals surface area contributed by atoms with Crippen LogP contribution in [0.3, 0.4) is 0 Å². The fourth-order valence-electron chi connectivity index (χ4n) is 3.62. The Kier molecular flexibility index (Phi) is 15.1. The van der Waals surface area contributed by atoms with E-state index in [4.69, 9.17) is 5.73 Å². The number of hydrogen-bond donors (Lipinski definition) is 3. The fourth-order valence-corrected chi connectivity index (χ4v) is 3.62. The summed E-state index contributed by atoms with van der Waals surface area (Å²) in [5.41, 5.74) is 8.00. The Hall–Kier alpha value is -1.59. The molecule has 0 aliphatic carbocycles. The average molecular weight is 419 g/mol. The molecule has 0 spiro atoms. The third-order valence-corrected chi connectivity index (χ3v) is 5.78. The molecule has 1 atom stereocenters. The lowest BCUT2D eigenvalue weighted by molar-refractivity contribution is 0.0949. The minimum atomic E-state index is -0.00887. The molecule has 30 heavy (non-hydrogen) atoms. The van der Waals surface area contributed by atoms with Crippen LogP contribution in [0.5, 0.6) is 0 Å². The largest absolute Gasteiger partial charge is 0.385 e. The standard InChI is InChI=1S/C25H46N4O/c1-4-7-8-9-10-11-12-13-23(26)18-19-27-24-16-14-22(15-17-24)25(30)28-20-21-29(5-2)6-3/h14-17,23,27H,4-13,18-21,26H2,1-3H3,(H,28,30). The molecule has 0 radical (unpaired) electrons. The summed E-state index contributed by atoms with van der Waals surface area (Å²) in [5.74, 6) is -0.00887. The highest BCUT2D eigenvalue weighted by Crippen LogP contribution is 2.12. The Morgan fingerprint density at radius 1 is 0.900 bits per heavy atom. The SMILES string of the molecule is CCCCCCCCCC(N)CCNc1ccc(C(=O)NCCN(CC)CC)cc1. The molecule has 1 aromatic carbocycles. The second-order valence-electron chi connectivity index (χ2n) is 8.25. The normalized spacial score (nSPS) is 12.2. The Balaban J connectivity index is 2.16. The van der Waals surface area contributed by atoms with Crippen LogP contribution in [0.15, 0.2) is 24.3 Å². The number of nitrogens with zero attached hydrogens (tertiary/aromatic N) is 1. The van der Waals surface area contributed by atoms with E-state index in [1.54, 1.807) is 0 Å². The van der Waals surface area contributed by atoms with Crippen molar-refractivity contribution in [1.29, 1.82) is 0 Å². The smallest absolute Gasteiger partial charge is 0.251 e. The number of nitrogens with two attached hydrogens (primary N) is 1. The number of likely N-dealkylation sites (N-methyl/N-ethyl adjacent to an activating group) is 1. The molecule has 5 heteroatoms. The molecule has 1 amide bonds. The first-order valence-electron chi connectivity index (χ1n) is 12.2. The Labute approximate surface area is 185 Å². The minimum absolute atomic E-state index is 0.00887. The lowest BCUT2D eigenvalue weighted by atomic mass is 10.0. The zero-order valence-electron chi connectivity index (χ0n) is 19.7. The molecule has 0 saturated heterocycles. The summed E-state index contributed by atoms with van der Waals surface area (Å²) in [6.45, 7) is 11.0. The summed E-state index contributed by atoms with van der Waals surface area (Å²) in [6, 6.07) is 7.98. The van der Waals surface area contributed by atoms with Gasteiger partial charge < -0.3 is 21.3 Å². The highest BCUT2D eigenvalue weighted by molar-refractivity contribution is 5.94. The Bertz CT molecular complexity index is 543. The highest BCUT2D eigenvalue weighted by atomic mass is 16.1. The Morgan fingerprint density at radius 2 is 1.53 bits per heavy atom. The van der Waals surface area contributed by atoms with Gasteiger partial charge in [-0.05, 0) is 50.2 Å². The molecular formula is C25H46N4O. The monoisotopic (exact) mass is 418 g/mol. The topological polar surface area (TPSA) is 70.4 Å². The van der Waals surface area contributed by atoms with Crippen molar-refractivity contribution in [2.45, 2.75) is 84.6 Å². The molecule has 1 rings (SSSR count). The number of carbonyl (C=O) groups is 1. The van der Waals surface area contributed by atoms with Crippen LogP contribution in [0, 0.1) is 0 Å². The van der Waals surface area contributed by atoms with Crippen LogP contribution >= 0.6 is 0 Å². The zero-order valence-corrected chi connectivity index (χ0v) is 19.7. The molecule has 0 saturated carbocycles. The summed E-state index contributed by atoms with van der Waals surface area (Å²) in [5, 5.41) is 6.42. The summed E-state index contributed by atoms with van der Waals surface area (Å²) < 4.78 is 0. The predicted molar refractivity (Wildman–Crippen MR) is 130 cm³/mol. The van der Waals surface area contributed by atoms with Gasteiger partial charge in [0.05, 0.1) is 0 Å². The first-order valence-corrected chi connectivity index (χ1v) is 12.2. The van der Waals surface area contributed by atoms with Gasteiger partial charge >= 0.3 is 0 Å². The number of anilines is 1. The van der Waals surface area contributed by atoms with Gasteiger partial charge in [0.1, 0.15) is 0 Å². The third kappa shape index (κ3) is 12.2. The van der Waals surface area contributed by atoms with Gasteiger partial charge in [-0.15, -0.1) is 0 Å². The molecular weight excluding hydrogens is 372 g/mol. The van der Waals surface area contributed by atoms with Gasteiger partial charge in [-0.2, -0.15) is 0 Å². The zero-order chi connectivity index (χ0) is 22.0. The van der Waals surface area contributed by atoms with Gasteiger partial charge in [-0.1, -0.05) is 65.7 Å². The van der Waals surface area contributed by atoms with Gasteiger partial charge in [0.15, 0.2) is 0 Å². The van der Waals surface area contributed by atoms with Crippen LogP contribution in [0.1, 0.15) is 88.9 Å².